The summed E-state index contributed by atoms with van der Waals surface area (Å²) in [7, 11) is 0. The lowest BCUT2D eigenvalue weighted by Gasteiger charge is -2.33. The smallest absolute Gasteiger partial charge is 0.324 e. The molecular weight excluding hydrogens is 424 g/mol. The van der Waals surface area contributed by atoms with Gasteiger partial charge in [-0.05, 0) is 49.9 Å². The van der Waals surface area contributed by atoms with Gasteiger partial charge in [0.1, 0.15) is 16.5 Å². The maximum absolute atomic E-state index is 6.25. The van der Waals surface area contributed by atoms with Crippen LogP contribution < -0.4 is 9.64 Å². The Balaban J connectivity index is 1.22. The molecule has 1 atom stereocenters. The summed E-state index contributed by atoms with van der Waals surface area (Å²) in [5.41, 5.74) is 2.82. The Kier molecular flexibility index (Phi) is 5.73. The molecule has 0 radical (unpaired) electrons. The number of aromatic nitrogens is 5. The highest BCUT2D eigenvalue weighted by atomic mass is 32.1. The van der Waals surface area contributed by atoms with Crippen LogP contribution in [0.25, 0.3) is 21.6 Å². The fraction of sp³-hybridized carbons (Fsp3) is 0.435. The molecule has 9 heteroatoms. The molecule has 0 aliphatic carbocycles. The Hall–Kier alpha value is -3.07. The van der Waals surface area contributed by atoms with Crippen molar-refractivity contribution in [2.75, 3.05) is 18.0 Å². The first-order valence-electron chi connectivity index (χ1n) is 11.0. The van der Waals surface area contributed by atoms with Crippen LogP contribution in [0.3, 0.4) is 0 Å². The molecule has 32 heavy (non-hydrogen) atoms. The lowest BCUT2D eigenvalue weighted by Crippen LogP contribution is -2.38. The van der Waals surface area contributed by atoms with Gasteiger partial charge < -0.3 is 14.2 Å². The summed E-state index contributed by atoms with van der Waals surface area (Å²) in [6, 6.07) is 8.53. The van der Waals surface area contributed by atoms with Crippen molar-refractivity contribution in [3.8, 4) is 16.5 Å². The molecule has 0 N–H and O–H groups in total. The maximum Gasteiger partial charge on any atom is 0.324 e. The van der Waals surface area contributed by atoms with Gasteiger partial charge in [0.2, 0.25) is 0 Å². The lowest BCUT2D eigenvalue weighted by atomic mass is 9.92. The summed E-state index contributed by atoms with van der Waals surface area (Å²) < 4.78 is 11.7. The van der Waals surface area contributed by atoms with Gasteiger partial charge in [0.05, 0.1) is 5.69 Å². The molecule has 0 saturated carbocycles. The molecule has 1 fully saturated rings. The predicted molar refractivity (Wildman–Crippen MR) is 124 cm³/mol. The van der Waals surface area contributed by atoms with Gasteiger partial charge in [-0.2, -0.15) is 4.98 Å². The van der Waals surface area contributed by atoms with Crippen LogP contribution in [0.2, 0.25) is 0 Å². The van der Waals surface area contributed by atoms with Crippen LogP contribution in [0.15, 0.2) is 41.2 Å². The Morgan fingerprint density at radius 2 is 1.81 bits per heavy atom. The molecule has 0 spiro atoms. The number of hydrogen-bond acceptors (Lipinski definition) is 9. The number of ether oxygens (including phenoxy) is 1. The van der Waals surface area contributed by atoms with E-state index in [0.717, 1.165) is 53.4 Å². The fourth-order valence-electron chi connectivity index (χ4n) is 3.94. The summed E-state index contributed by atoms with van der Waals surface area (Å²) in [5.74, 6) is 1.48. The van der Waals surface area contributed by atoms with Crippen LogP contribution in [0.5, 0.6) is 5.19 Å². The lowest BCUT2D eigenvalue weighted by molar-refractivity contribution is 0.131. The second-order valence-electron chi connectivity index (χ2n) is 8.47. The SMILES string of the molecule is CC(C)c1noc(N2CCC(C(C)Oc3nc4ccc(-c5ccncc5)nc4s3)CC2)n1. The largest absolute Gasteiger partial charge is 0.467 e. The number of piperidine rings is 1. The van der Waals surface area contributed by atoms with Gasteiger partial charge in [-0.1, -0.05) is 30.3 Å². The molecular formula is C23H26N6O2S. The summed E-state index contributed by atoms with van der Waals surface area (Å²) in [6.45, 7) is 8.03. The molecule has 4 aromatic heterocycles. The van der Waals surface area contributed by atoms with E-state index in [1.165, 1.54) is 11.3 Å². The third kappa shape index (κ3) is 4.29. The van der Waals surface area contributed by atoms with E-state index in [1.54, 1.807) is 12.4 Å². The second-order valence-corrected chi connectivity index (χ2v) is 9.41. The highest BCUT2D eigenvalue weighted by molar-refractivity contribution is 7.19. The average molecular weight is 451 g/mol. The van der Waals surface area contributed by atoms with Crippen LogP contribution >= 0.6 is 11.3 Å². The van der Waals surface area contributed by atoms with E-state index < -0.39 is 0 Å². The molecule has 1 saturated heterocycles. The molecule has 1 aliphatic heterocycles. The number of anilines is 1. The Morgan fingerprint density at radius 1 is 1.03 bits per heavy atom. The van der Waals surface area contributed by atoms with Gasteiger partial charge in [-0.25, -0.2) is 9.97 Å². The minimum Gasteiger partial charge on any atom is -0.467 e. The normalized spacial score (nSPS) is 16.1. The van der Waals surface area contributed by atoms with Crippen LogP contribution in [-0.4, -0.2) is 44.3 Å². The molecule has 5 heterocycles. The Morgan fingerprint density at radius 3 is 2.53 bits per heavy atom. The highest BCUT2D eigenvalue weighted by Gasteiger charge is 2.28. The van der Waals surface area contributed by atoms with Crippen LogP contribution in [0.1, 0.15) is 45.4 Å². The number of fused-ring (bicyclic) bond motifs is 1. The summed E-state index contributed by atoms with van der Waals surface area (Å²) in [6.07, 6.45) is 5.64. The van der Waals surface area contributed by atoms with Crippen LogP contribution in [-0.2, 0) is 0 Å². The number of pyridine rings is 2. The standard InChI is InChI=1S/C23H26N6O2S/c1-14(2)20-27-22(31-28-20)29-12-8-16(9-13-29)15(3)30-23-26-19-5-4-18(25-21(19)32-23)17-6-10-24-11-7-17/h4-7,10-11,14-16H,8-9,12-13H2,1-3H3. The summed E-state index contributed by atoms with van der Waals surface area (Å²) in [4.78, 5) is 21.1. The maximum atomic E-state index is 6.25. The Bertz CT molecular complexity index is 1180. The first-order valence-corrected chi connectivity index (χ1v) is 11.8. The zero-order valence-electron chi connectivity index (χ0n) is 18.4. The van der Waals surface area contributed by atoms with E-state index in [2.05, 4.69) is 45.8 Å². The molecule has 5 rings (SSSR count). The van der Waals surface area contributed by atoms with Gasteiger partial charge in [-0.3, -0.25) is 4.98 Å². The van der Waals surface area contributed by atoms with Crippen molar-refractivity contribution in [1.29, 1.82) is 0 Å². The van der Waals surface area contributed by atoms with Gasteiger partial charge in [-0.15, -0.1) is 0 Å². The fourth-order valence-corrected chi connectivity index (χ4v) is 4.81. The minimum absolute atomic E-state index is 0.0753. The van der Waals surface area contributed by atoms with E-state index in [4.69, 9.17) is 14.2 Å². The van der Waals surface area contributed by atoms with Crippen molar-refractivity contribution in [1.82, 2.24) is 25.1 Å². The molecule has 1 aliphatic rings. The van der Waals surface area contributed by atoms with E-state index in [0.29, 0.717) is 17.1 Å². The molecule has 1 unspecified atom stereocenters. The monoisotopic (exact) mass is 450 g/mol. The van der Waals surface area contributed by atoms with Gasteiger partial charge in [0.15, 0.2) is 5.82 Å². The van der Waals surface area contributed by atoms with Crippen molar-refractivity contribution in [2.24, 2.45) is 5.92 Å². The molecule has 8 nitrogen and oxygen atoms in total. The highest BCUT2D eigenvalue weighted by Crippen LogP contribution is 2.32. The topological polar surface area (TPSA) is 90.1 Å². The molecule has 4 aromatic rings. The van der Waals surface area contributed by atoms with Crippen molar-refractivity contribution in [3.63, 3.8) is 0 Å². The summed E-state index contributed by atoms with van der Waals surface area (Å²) >= 11 is 1.50. The Labute approximate surface area is 190 Å². The molecule has 0 amide bonds. The van der Waals surface area contributed by atoms with Crippen molar-refractivity contribution in [2.45, 2.75) is 45.6 Å². The quantitative estimate of drug-likeness (QED) is 0.408. The first kappa shape index (κ1) is 20.8. The van der Waals surface area contributed by atoms with Crippen molar-refractivity contribution < 1.29 is 9.26 Å². The third-order valence-electron chi connectivity index (χ3n) is 5.92. The van der Waals surface area contributed by atoms with Gasteiger partial charge >= 0.3 is 6.01 Å². The molecule has 0 bridgehead atoms. The van der Waals surface area contributed by atoms with E-state index in [9.17, 15) is 0 Å². The molecule has 0 aromatic carbocycles. The van der Waals surface area contributed by atoms with E-state index in [1.807, 2.05) is 24.3 Å². The third-order valence-corrected chi connectivity index (χ3v) is 6.78. The number of thiazole rings is 1. The zero-order valence-corrected chi connectivity index (χ0v) is 19.2. The molecule has 166 valence electrons. The van der Waals surface area contributed by atoms with Gasteiger partial charge in [0.25, 0.3) is 5.19 Å². The van der Waals surface area contributed by atoms with Crippen LogP contribution in [0.4, 0.5) is 6.01 Å². The second kappa shape index (κ2) is 8.82. The number of hydrogen-bond donors (Lipinski definition) is 0. The zero-order chi connectivity index (χ0) is 22.1. The number of nitrogens with zero attached hydrogens (tertiary/aromatic N) is 6. The minimum atomic E-state index is 0.0753. The van der Waals surface area contributed by atoms with Crippen molar-refractivity contribution in [3.05, 3.63) is 42.5 Å². The van der Waals surface area contributed by atoms with Crippen molar-refractivity contribution >= 4 is 27.7 Å². The summed E-state index contributed by atoms with van der Waals surface area (Å²) in [5, 5.41) is 4.75. The van der Waals surface area contributed by atoms with E-state index >= 15 is 0 Å². The van der Waals surface area contributed by atoms with Gasteiger partial charge in [0, 0.05) is 37.0 Å². The average Bonchev–Trinajstić information content (AvgIpc) is 3.46. The first-order chi connectivity index (χ1) is 15.6. The van der Waals surface area contributed by atoms with E-state index in [-0.39, 0.29) is 12.0 Å². The van der Waals surface area contributed by atoms with Crippen LogP contribution in [0, 0.1) is 5.92 Å². The predicted octanol–water partition coefficient (Wildman–Crippen LogP) is 4.94. The number of rotatable bonds is 6.